The second-order valence-corrected chi connectivity index (χ2v) is 2.98. The second-order valence-electron chi connectivity index (χ2n) is 2.98. The molecule has 0 aliphatic rings. The molecular formula is C9H8ClN3O3. The lowest BCUT2D eigenvalue weighted by Gasteiger charge is -1.91. The van der Waals surface area contributed by atoms with E-state index in [2.05, 4.69) is 0 Å². The molecule has 0 fully saturated rings. The van der Waals surface area contributed by atoms with E-state index in [-0.39, 0.29) is 35.3 Å². The van der Waals surface area contributed by atoms with Gasteiger partial charge in [-0.15, -0.1) is 12.4 Å². The summed E-state index contributed by atoms with van der Waals surface area (Å²) in [4.78, 5) is 10.1. The van der Waals surface area contributed by atoms with Crippen molar-refractivity contribution in [1.29, 1.82) is 5.41 Å². The molecule has 1 heterocycles. The van der Waals surface area contributed by atoms with Crippen LogP contribution in [-0.2, 0) is 0 Å². The van der Waals surface area contributed by atoms with Crippen LogP contribution in [0.3, 0.4) is 0 Å². The minimum absolute atomic E-state index is 0. The number of rotatable bonds is 2. The van der Waals surface area contributed by atoms with Crippen LogP contribution in [0.1, 0.15) is 5.76 Å². The molecule has 2 aromatic rings. The van der Waals surface area contributed by atoms with Crippen LogP contribution in [0.25, 0.3) is 11.0 Å². The number of benzene rings is 1. The number of nitrogen functional groups attached to an aromatic ring is 1. The van der Waals surface area contributed by atoms with Crippen molar-refractivity contribution in [3.05, 3.63) is 40.1 Å². The average Bonchev–Trinajstić information content (AvgIpc) is 2.60. The second kappa shape index (κ2) is 4.19. The molecule has 2 rings (SSSR count). The predicted octanol–water partition coefficient (Wildman–Crippen LogP) is 2.05. The van der Waals surface area contributed by atoms with Gasteiger partial charge in [-0.05, 0) is 6.07 Å². The number of nitrogens with zero attached hydrogens (tertiary/aromatic N) is 1. The zero-order valence-electron chi connectivity index (χ0n) is 7.97. The fourth-order valence-electron chi connectivity index (χ4n) is 1.32. The zero-order valence-corrected chi connectivity index (χ0v) is 8.78. The molecule has 0 aliphatic heterocycles. The Labute approximate surface area is 96.1 Å². The number of furan rings is 1. The molecule has 0 aliphatic carbocycles. The summed E-state index contributed by atoms with van der Waals surface area (Å²) in [7, 11) is 0. The maximum atomic E-state index is 10.7. The highest BCUT2D eigenvalue weighted by atomic mass is 35.5. The lowest BCUT2D eigenvalue weighted by atomic mass is 10.2. The van der Waals surface area contributed by atoms with Gasteiger partial charge in [-0.1, -0.05) is 12.1 Å². The van der Waals surface area contributed by atoms with E-state index in [4.69, 9.17) is 15.6 Å². The number of para-hydroxylation sites is 1. The number of hydrogen-bond acceptors (Lipinski definition) is 4. The van der Waals surface area contributed by atoms with Crippen molar-refractivity contribution in [2.24, 2.45) is 5.73 Å². The zero-order chi connectivity index (χ0) is 11.0. The molecule has 6 nitrogen and oxygen atoms in total. The fourth-order valence-corrected chi connectivity index (χ4v) is 1.32. The van der Waals surface area contributed by atoms with Gasteiger partial charge >= 0.3 is 5.69 Å². The Morgan fingerprint density at radius 3 is 2.75 bits per heavy atom. The Morgan fingerprint density at radius 2 is 2.19 bits per heavy atom. The molecule has 0 unspecified atom stereocenters. The summed E-state index contributed by atoms with van der Waals surface area (Å²) in [5, 5.41) is 18.4. The predicted molar refractivity (Wildman–Crippen MR) is 61.1 cm³/mol. The monoisotopic (exact) mass is 241 g/mol. The number of nitrogens with one attached hydrogen (secondary N) is 1. The fraction of sp³-hybridized carbons (Fsp3) is 0. The number of non-ortho nitro benzene ring substituents is 1. The topological polar surface area (TPSA) is 106 Å². The number of fused-ring (bicyclic) bond motifs is 1. The Hall–Kier alpha value is -2.08. The van der Waals surface area contributed by atoms with Crippen LogP contribution in [0, 0.1) is 15.5 Å². The molecule has 0 bridgehead atoms. The third-order valence-corrected chi connectivity index (χ3v) is 1.99. The molecule has 1 aromatic carbocycles. The number of hydrogen-bond donors (Lipinski definition) is 2. The molecule has 0 atom stereocenters. The standard InChI is InChI=1S/C9H7N3O3.ClH/c10-9(11)7-4-5-2-1-3-6(12(13)14)8(5)15-7;/h1-4H,(H3,10,11);1H. The quantitative estimate of drug-likeness (QED) is 0.363. The molecule has 84 valence electrons. The van der Waals surface area contributed by atoms with Gasteiger partial charge in [-0.2, -0.15) is 0 Å². The molecule has 0 amide bonds. The summed E-state index contributed by atoms with van der Waals surface area (Å²) in [6, 6.07) is 6.07. The number of amidine groups is 1. The highest BCUT2D eigenvalue weighted by molar-refractivity contribution is 5.98. The first kappa shape index (κ1) is 12.0. The van der Waals surface area contributed by atoms with Gasteiger partial charge in [0.2, 0.25) is 5.58 Å². The summed E-state index contributed by atoms with van der Waals surface area (Å²) < 4.78 is 5.13. The minimum atomic E-state index is -0.532. The molecular weight excluding hydrogens is 234 g/mol. The molecule has 0 radical (unpaired) electrons. The Morgan fingerprint density at radius 1 is 1.50 bits per heavy atom. The van der Waals surface area contributed by atoms with Gasteiger partial charge in [0.15, 0.2) is 11.6 Å². The third kappa shape index (κ3) is 1.82. The van der Waals surface area contributed by atoms with Gasteiger partial charge in [0.25, 0.3) is 0 Å². The van der Waals surface area contributed by atoms with Gasteiger partial charge in [0.05, 0.1) is 4.92 Å². The largest absolute Gasteiger partial charge is 0.446 e. The number of nitrogens with two attached hydrogens (primary N) is 1. The summed E-state index contributed by atoms with van der Waals surface area (Å²) in [5.74, 6) is -0.111. The maximum Gasteiger partial charge on any atom is 0.312 e. The number of nitro groups is 1. The lowest BCUT2D eigenvalue weighted by molar-refractivity contribution is -0.383. The number of nitro benzene ring substituents is 1. The van der Waals surface area contributed by atoms with E-state index < -0.39 is 4.92 Å². The molecule has 1 aromatic heterocycles. The van der Waals surface area contributed by atoms with Crippen LogP contribution in [0.4, 0.5) is 5.69 Å². The van der Waals surface area contributed by atoms with Gasteiger partial charge < -0.3 is 10.2 Å². The summed E-state index contributed by atoms with van der Waals surface area (Å²) in [5.41, 5.74) is 5.24. The van der Waals surface area contributed by atoms with Crippen LogP contribution >= 0.6 is 12.4 Å². The van der Waals surface area contributed by atoms with Gasteiger partial charge in [0.1, 0.15) is 0 Å². The first-order chi connectivity index (χ1) is 7.09. The summed E-state index contributed by atoms with van der Waals surface area (Å²) >= 11 is 0. The van der Waals surface area contributed by atoms with Crippen LogP contribution in [0.5, 0.6) is 0 Å². The highest BCUT2D eigenvalue weighted by Gasteiger charge is 2.16. The normalized spacial score (nSPS) is 9.75. The lowest BCUT2D eigenvalue weighted by Crippen LogP contribution is -2.09. The van der Waals surface area contributed by atoms with Crippen LogP contribution in [0.15, 0.2) is 28.7 Å². The van der Waals surface area contributed by atoms with Crippen LogP contribution in [-0.4, -0.2) is 10.8 Å². The van der Waals surface area contributed by atoms with Crippen molar-refractivity contribution in [2.75, 3.05) is 0 Å². The van der Waals surface area contributed by atoms with Crippen molar-refractivity contribution < 1.29 is 9.34 Å². The van der Waals surface area contributed by atoms with E-state index >= 15 is 0 Å². The van der Waals surface area contributed by atoms with E-state index in [1.54, 1.807) is 12.1 Å². The van der Waals surface area contributed by atoms with Crippen molar-refractivity contribution >= 4 is 34.9 Å². The van der Waals surface area contributed by atoms with E-state index in [1.165, 1.54) is 12.1 Å². The molecule has 16 heavy (non-hydrogen) atoms. The molecule has 0 spiro atoms. The maximum absolute atomic E-state index is 10.7. The summed E-state index contributed by atoms with van der Waals surface area (Å²) in [6.45, 7) is 0. The first-order valence-electron chi connectivity index (χ1n) is 4.11. The molecule has 3 N–H and O–H groups in total. The molecule has 7 heteroatoms. The van der Waals surface area contributed by atoms with Crippen molar-refractivity contribution in [2.45, 2.75) is 0 Å². The minimum Gasteiger partial charge on any atom is -0.446 e. The first-order valence-corrected chi connectivity index (χ1v) is 4.11. The van der Waals surface area contributed by atoms with Crippen molar-refractivity contribution in [1.82, 2.24) is 0 Å². The number of halogens is 1. The van der Waals surface area contributed by atoms with Crippen LogP contribution < -0.4 is 5.73 Å². The Balaban J connectivity index is 0.00000128. The highest BCUT2D eigenvalue weighted by Crippen LogP contribution is 2.27. The van der Waals surface area contributed by atoms with E-state index in [0.717, 1.165) is 0 Å². The van der Waals surface area contributed by atoms with E-state index in [0.29, 0.717) is 5.39 Å². The molecule has 0 saturated heterocycles. The van der Waals surface area contributed by atoms with E-state index in [9.17, 15) is 10.1 Å². The average molecular weight is 242 g/mol. The SMILES string of the molecule is Cl.N=C(N)c1cc2cccc([N+](=O)[O-])c2o1. The van der Waals surface area contributed by atoms with E-state index in [1.807, 2.05) is 0 Å². The summed E-state index contributed by atoms with van der Waals surface area (Å²) in [6.07, 6.45) is 0. The smallest absolute Gasteiger partial charge is 0.312 e. The van der Waals surface area contributed by atoms with Crippen molar-refractivity contribution in [3.63, 3.8) is 0 Å². The van der Waals surface area contributed by atoms with Gasteiger partial charge in [0, 0.05) is 11.5 Å². The Bertz CT molecular complexity index is 564. The molecule has 0 saturated carbocycles. The Kier molecular flexibility index (Phi) is 3.14. The van der Waals surface area contributed by atoms with Gasteiger partial charge in [-0.25, -0.2) is 0 Å². The third-order valence-electron chi connectivity index (χ3n) is 1.99. The van der Waals surface area contributed by atoms with Gasteiger partial charge in [-0.3, -0.25) is 15.5 Å². The van der Waals surface area contributed by atoms with Crippen molar-refractivity contribution in [3.8, 4) is 0 Å². The van der Waals surface area contributed by atoms with Crippen LogP contribution in [0.2, 0.25) is 0 Å².